The smallest absolute Gasteiger partial charge is 0.225 e. The molecule has 1 saturated heterocycles. The summed E-state index contributed by atoms with van der Waals surface area (Å²) in [5, 5.41) is 0. The highest BCUT2D eigenvalue weighted by Crippen LogP contribution is 2.28. The van der Waals surface area contributed by atoms with Crippen molar-refractivity contribution in [3.63, 3.8) is 0 Å². The lowest BCUT2D eigenvalue weighted by Crippen LogP contribution is -2.38. The van der Waals surface area contributed by atoms with E-state index in [0.717, 1.165) is 19.6 Å². The Hall–Kier alpha value is -2.13. The van der Waals surface area contributed by atoms with Gasteiger partial charge in [-0.15, -0.1) is 0 Å². The van der Waals surface area contributed by atoms with Crippen LogP contribution in [0, 0.1) is 0 Å². The molecule has 0 N–H and O–H groups in total. The number of carbonyl (C=O) groups excluding carboxylic acids is 1. The van der Waals surface area contributed by atoms with E-state index in [2.05, 4.69) is 24.3 Å². The lowest BCUT2D eigenvalue weighted by Gasteiger charge is -2.28. The zero-order valence-electron chi connectivity index (χ0n) is 12.7. The predicted octanol–water partition coefficient (Wildman–Crippen LogP) is 3.42. The van der Waals surface area contributed by atoms with Crippen LogP contribution in [-0.2, 0) is 9.53 Å². The van der Waals surface area contributed by atoms with E-state index >= 15 is 0 Å². The molecule has 1 fully saturated rings. The van der Waals surface area contributed by atoms with Gasteiger partial charge in [-0.3, -0.25) is 4.79 Å². The van der Waals surface area contributed by atoms with Gasteiger partial charge < -0.3 is 9.64 Å². The fraction of sp³-hybridized carbons (Fsp3) is 0.316. The molecule has 0 unspecified atom stereocenters. The summed E-state index contributed by atoms with van der Waals surface area (Å²) in [6.45, 7) is 1.98. The van der Waals surface area contributed by atoms with Crippen LogP contribution in [0.4, 0.5) is 0 Å². The molecule has 3 heteroatoms. The molecule has 2 aromatic carbocycles. The summed E-state index contributed by atoms with van der Waals surface area (Å²) in [4.78, 5) is 14.4. The van der Waals surface area contributed by atoms with E-state index in [1.165, 1.54) is 11.1 Å². The Bertz CT molecular complexity index is 552. The maximum atomic E-state index is 12.6. The van der Waals surface area contributed by atoms with Crippen molar-refractivity contribution in [1.82, 2.24) is 4.90 Å². The van der Waals surface area contributed by atoms with Crippen molar-refractivity contribution in [2.24, 2.45) is 0 Å². The second-order valence-electron chi connectivity index (χ2n) is 5.63. The molecule has 0 spiro atoms. The maximum absolute atomic E-state index is 12.6. The van der Waals surface area contributed by atoms with Gasteiger partial charge in [0.15, 0.2) is 0 Å². The standard InChI is InChI=1S/C19H21NO2/c21-19(20-12-7-13-22-15-20)14-18(16-8-3-1-4-9-16)17-10-5-2-6-11-17/h1-6,8-11,18H,7,12-15H2. The molecule has 1 aliphatic heterocycles. The van der Waals surface area contributed by atoms with Crippen LogP contribution in [0.5, 0.6) is 0 Å². The van der Waals surface area contributed by atoms with Crippen LogP contribution in [0.3, 0.4) is 0 Å². The normalized spacial score (nSPS) is 15.0. The molecule has 0 bridgehead atoms. The van der Waals surface area contributed by atoms with E-state index in [9.17, 15) is 4.79 Å². The molecule has 1 aliphatic rings. The topological polar surface area (TPSA) is 29.5 Å². The van der Waals surface area contributed by atoms with Gasteiger partial charge in [0.2, 0.25) is 5.91 Å². The molecule has 0 atom stereocenters. The van der Waals surface area contributed by atoms with E-state index in [1.54, 1.807) is 0 Å². The summed E-state index contributed by atoms with van der Waals surface area (Å²) >= 11 is 0. The Labute approximate surface area is 131 Å². The van der Waals surface area contributed by atoms with Crippen molar-refractivity contribution < 1.29 is 9.53 Å². The van der Waals surface area contributed by atoms with Gasteiger partial charge in [0.25, 0.3) is 0 Å². The molecule has 1 heterocycles. The van der Waals surface area contributed by atoms with Gasteiger partial charge in [-0.1, -0.05) is 60.7 Å². The summed E-state index contributed by atoms with van der Waals surface area (Å²) in [5.41, 5.74) is 2.36. The Morgan fingerprint density at radius 2 is 1.59 bits per heavy atom. The highest BCUT2D eigenvalue weighted by molar-refractivity contribution is 5.77. The Morgan fingerprint density at radius 1 is 1.00 bits per heavy atom. The van der Waals surface area contributed by atoms with E-state index < -0.39 is 0 Å². The zero-order valence-corrected chi connectivity index (χ0v) is 12.7. The third-order valence-corrected chi connectivity index (χ3v) is 4.10. The maximum Gasteiger partial charge on any atom is 0.225 e. The second-order valence-corrected chi connectivity index (χ2v) is 5.63. The van der Waals surface area contributed by atoms with Crippen LogP contribution in [0.25, 0.3) is 0 Å². The van der Waals surface area contributed by atoms with Crippen molar-refractivity contribution in [2.75, 3.05) is 19.9 Å². The first kappa shape index (κ1) is 14.8. The van der Waals surface area contributed by atoms with Gasteiger partial charge in [-0.25, -0.2) is 0 Å². The van der Waals surface area contributed by atoms with Crippen LogP contribution >= 0.6 is 0 Å². The van der Waals surface area contributed by atoms with Crippen LogP contribution in [0.15, 0.2) is 60.7 Å². The molecule has 0 aliphatic carbocycles. The van der Waals surface area contributed by atoms with Gasteiger partial charge in [0.1, 0.15) is 6.73 Å². The largest absolute Gasteiger partial charge is 0.361 e. The van der Waals surface area contributed by atoms with Gasteiger partial charge in [-0.05, 0) is 17.5 Å². The number of ether oxygens (including phenoxy) is 1. The van der Waals surface area contributed by atoms with Crippen LogP contribution < -0.4 is 0 Å². The van der Waals surface area contributed by atoms with Gasteiger partial charge in [0.05, 0.1) is 6.61 Å². The average molecular weight is 295 g/mol. The molecular weight excluding hydrogens is 274 g/mol. The number of amides is 1. The number of hydrogen-bond donors (Lipinski definition) is 0. The van der Waals surface area contributed by atoms with Crippen LogP contribution in [0.1, 0.15) is 29.9 Å². The average Bonchev–Trinajstić information content (AvgIpc) is 2.62. The molecular formula is C19H21NO2. The first-order valence-corrected chi connectivity index (χ1v) is 7.80. The monoisotopic (exact) mass is 295 g/mol. The molecule has 2 aromatic rings. The molecule has 3 rings (SSSR count). The summed E-state index contributed by atoms with van der Waals surface area (Å²) in [5.74, 6) is 0.259. The Morgan fingerprint density at radius 3 is 2.09 bits per heavy atom. The van der Waals surface area contributed by atoms with E-state index in [4.69, 9.17) is 4.74 Å². The third kappa shape index (κ3) is 3.55. The molecule has 0 aromatic heterocycles. The van der Waals surface area contributed by atoms with Crippen molar-refractivity contribution in [2.45, 2.75) is 18.8 Å². The van der Waals surface area contributed by atoms with Crippen molar-refractivity contribution in [3.05, 3.63) is 71.8 Å². The third-order valence-electron chi connectivity index (χ3n) is 4.10. The fourth-order valence-corrected chi connectivity index (χ4v) is 2.90. The number of rotatable bonds is 4. The van der Waals surface area contributed by atoms with Gasteiger partial charge in [0, 0.05) is 18.9 Å². The van der Waals surface area contributed by atoms with Crippen LogP contribution in [-0.4, -0.2) is 30.7 Å². The molecule has 0 saturated carbocycles. The summed E-state index contributed by atoms with van der Waals surface area (Å²) in [6.07, 6.45) is 1.41. The van der Waals surface area contributed by atoms with Gasteiger partial charge in [-0.2, -0.15) is 0 Å². The minimum absolute atomic E-state index is 0.0943. The molecule has 22 heavy (non-hydrogen) atoms. The molecule has 114 valence electrons. The summed E-state index contributed by atoms with van der Waals surface area (Å²) in [7, 11) is 0. The Kier molecular flexibility index (Phi) is 4.86. The lowest BCUT2D eigenvalue weighted by molar-refractivity contribution is -0.140. The second kappa shape index (κ2) is 7.23. The highest BCUT2D eigenvalue weighted by Gasteiger charge is 2.23. The fourth-order valence-electron chi connectivity index (χ4n) is 2.90. The predicted molar refractivity (Wildman–Crippen MR) is 86.5 cm³/mol. The first-order chi connectivity index (χ1) is 10.8. The van der Waals surface area contributed by atoms with Gasteiger partial charge >= 0.3 is 0 Å². The van der Waals surface area contributed by atoms with E-state index in [1.807, 2.05) is 41.3 Å². The number of benzene rings is 2. The SMILES string of the molecule is O=C(CC(c1ccccc1)c1ccccc1)N1CCCOC1. The number of nitrogens with zero attached hydrogens (tertiary/aromatic N) is 1. The minimum atomic E-state index is 0.0943. The number of carbonyl (C=O) groups is 1. The quantitative estimate of drug-likeness (QED) is 0.865. The summed E-state index contributed by atoms with van der Waals surface area (Å²) < 4.78 is 5.40. The van der Waals surface area contributed by atoms with E-state index in [-0.39, 0.29) is 11.8 Å². The minimum Gasteiger partial charge on any atom is -0.361 e. The molecule has 3 nitrogen and oxygen atoms in total. The van der Waals surface area contributed by atoms with Crippen molar-refractivity contribution in [3.8, 4) is 0 Å². The molecule has 0 radical (unpaired) electrons. The first-order valence-electron chi connectivity index (χ1n) is 7.80. The van der Waals surface area contributed by atoms with Crippen LogP contribution in [0.2, 0.25) is 0 Å². The molecule has 1 amide bonds. The zero-order chi connectivity index (χ0) is 15.2. The van der Waals surface area contributed by atoms with Crippen molar-refractivity contribution >= 4 is 5.91 Å². The highest BCUT2D eigenvalue weighted by atomic mass is 16.5. The summed E-state index contributed by atoms with van der Waals surface area (Å²) in [6, 6.07) is 20.5. The number of hydrogen-bond acceptors (Lipinski definition) is 2. The van der Waals surface area contributed by atoms with E-state index in [0.29, 0.717) is 13.2 Å². The lowest BCUT2D eigenvalue weighted by atomic mass is 9.88. The van der Waals surface area contributed by atoms with Crippen molar-refractivity contribution in [1.29, 1.82) is 0 Å². The Balaban J connectivity index is 1.81.